The molecule has 5 aromatic rings. The Kier molecular flexibility index (Phi) is 10.7. The topological polar surface area (TPSA) is 203 Å². The van der Waals surface area contributed by atoms with Crippen LogP contribution in [0.5, 0.6) is 5.88 Å². The number of fused-ring (bicyclic) bond motifs is 5. The van der Waals surface area contributed by atoms with Crippen molar-refractivity contribution in [3.8, 4) is 17.3 Å². The van der Waals surface area contributed by atoms with Crippen molar-refractivity contribution in [1.29, 1.82) is 0 Å². The number of nitrogens with zero attached hydrogens (tertiary/aromatic N) is 3. The van der Waals surface area contributed by atoms with Crippen molar-refractivity contribution < 1.29 is 41.2 Å². The van der Waals surface area contributed by atoms with Gasteiger partial charge in [-0.3, -0.25) is 23.9 Å². The van der Waals surface area contributed by atoms with Gasteiger partial charge in [0.05, 0.1) is 18.1 Å². The summed E-state index contributed by atoms with van der Waals surface area (Å²) < 4.78 is 46.5. The third kappa shape index (κ3) is 8.19. The maximum absolute atomic E-state index is 14.8. The van der Waals surface area contributed by atoms with Gasteiger partial charge < -0.3 is 29.1 Å². The quantitative estimate of drug-likeness (QED) is 0.153. The minimum atomic E-state index is -3.93. The van der Waals surface area contributed by atoms with Crippen LogP contribution in [0.3, 0.4) is 0 Å². The van der Waals surface area contributed by atoms with Crippen LogP contribution in [0.2, 0.25) is 0 Å². The fraction of sp³-hybridized carbons (Fsp3) is 0.435. The molecule has 3 fully saturated rings. The lowest BCUT2D eigenvalue weighted by Gasteiger charge is -2.29. The van der Waals surface area contributed by atoms with E-state index in [-0.39, 0.29) is 36.4 Å². The number of para-hydroxylation sites is 1. The van der Waals surface area contributed by atoms with Gasteiger partial charge in [-0.25, -0.2) is 13.4 Å². The molecule has 0 unspecified atom stereocenters. The predicted octanol–water partition coefficient (Wildman–Crippen LogP) is 6.08. The number of hydrogen-bond acceptors (Lipinski definition) is 11. The first-order valence-corrected chi connectivity index (χ1v) is 22.9. The highest BCUT2D eigenvalue weighted by atomic mass is 32.2. The molecule has 5 heterocycles. The summed E-state index contributed by atoms with van der Waals surface area (Å²) in [7, 11) is -3.93. The van der Waals surface area contributed by atoms with E-state index in [1.165, 1.54) is 17.2 Å². The largest absolute Gasteiger partial charge is 0.470 e. The molecule has 4 aliphatic rings. The highest BCUT2D eigenvalue weighted by molar-refractivity contribution is 7.91. The van der Waals surface area contributed by atoms with Crippen LogP contribution < -0.4 is 20.1 Å². The summed E-state index contributed by atoms with van der Waals surface area (Å²) in [5.74, 6) is -2.45. The number of rotatable bonds is 8. The molecule has 5 atom stereocenters. The average molecular weight is 863 g/mol. The molecule has 62 heavy (non-hydrogen) atoms. The number of ether oxygens (including phenoxy) is 1. The van der Waals surface area contributed by atoms with Crippen LogP contribution in [-0.2, 0) is 29.8 Å². The number of aromatic nitrogens is 2. The van der Waals surface area contributed by atoms with Crippen molar-refractivity contribution >= 4 is 55.7 Å². The van der Waals surface area contributed by atoms with Crippen molar-refractivity contribution in [2.45, 2.75) is 113 Å². The number of nitrogens with one attached hydrogen (secondary N) is 3. The Morgan fingerprint density at radius 1 is 0.968 bits per heavy atom. The summed E-state index contributed by atoms with van der Waals surface area (Å²) in [6, 6.07) is 16.4. The molecule has 2 saturated carbocycles. The van der Waals surface area contributed by atoms with Crippen LogP contribution in [0.25, 0.3) is 33.5 Å². The number of benzene rings is 2. The molecule has 4 amide bonds. The van der Waals surface area contributed by atoms with E-state index in [9.17, 15) is 27.6 Å². The zero-order chi connectivity index (χ0) is 43.4. The van der Waals surface area contributed by atoms with E-state index in [4.69, 9.17) is 23.5 Å². The molecule has 3 N–H and O–H groups in total. The van der Waals surface area contributed by atoms with Crippen LogP contribution in [-0.4, -0.2) is 82.4 Å². The molecular formula is C46H50N6O9S. The molecule has 3 aromatic heterocycles. The normalized spacial score (nSPS) is 25.2. The lowest BCUT2D eigenvalue weighted by Crippen LogP contribution is -2.58. The second-order valence-corrected chi connectivity index (χ2v) is 19.9. The number of amides is 4. The highest BCUT2D eigenvalue weighted by Gasteiger charge is 2.62. The summed E-state index contributed by atoms with van der Waals surface area (Å²) in [5.41, 5.74) is 1.68. The fourth-order valence-corrected chi connectivity index (χ4v) is 9.90. The molecule has 2 aliphatic heterocycles. The lowest BCUT2D eigenvalue weighted by atomic mass is 9.87. The van der Waals surface area contributed by atoms with Crippen LogP contribution >= 0.6 is 0 Å². The van der Waals surface area contributed by atoms with Gasteiger partial charge in [0.1, 0.15) is 34.8 Å². The Balaban J connectivity index is 1.07. The summed E-state index contributed by atoms with van der Waals surface area (Å²) >= 11 is 0. The van der Waals surface area contributed by atoms with Gasteiger partial charge in [-0.15, -0.1) is 0 Å². The summed E-state index contributed by atoms with van der Waals surface area (Å²) in [6.07, 6.45) is 8.55. The highest BCUT2D eigenvalue weighted by Crippen LogP contribution is 2.46. The summed E-state index contributed by atoms with van der Waals surface area (Å²) in [6.45, 7) is 6.33. The minimum Gasteiger partial charge on any atom is -0.470 e. The smallest absolute Gasteiger partial charge is 0.287 e. The molecule has 324 valence electrons. The van der Waals surface area contributed by atoms with Gasteiger partial charge in [0.2, 0.25) is 27.4 Å². The summed E-state index contributed by atoms with van der Waals surface area (Å²) in [5, 5.41) is 5.85. The van der Waals surface area contributed by atoms with Crippen molar-refractivity contribution in [2.24, 2.45) is 5.92 Å². The van der Waals surface area contributed by atoms with Crippen molar-refractivity contribution in [3.63, 3.8) is 0 Å². The van der Waals surface area contributed by atoms with E-state index in [1.54, 1.807) is 6.07 Å². The van der Waals surface area contributed by atoms with Crippen LogP contribution in [0.4, 0.5) is 0 Å². The van der Waals surface area contributed by atoms with Gasteiger partial charge in [0.15, 0.2) is 11.6 Å². The van der Waals surface area contributed by atoms with Gasteiger partial charge >= 0.3 is 0 Å². The molecule has 2 aliphatic carbocycles. The Labute approximate surface area is 359 Å². The average Bonchev–Trinajstić information content (AvgIpc) is 4.03. The molecule has 0 bridgehead atoms. The molecule has 9 rings (SSSR count). The molecule has 15 nitrogen and oxygen atoms in total. The van der Waals surface area contributed by atoms with Gasteiger partial charge in [-0.05, 0) is 73.8 Å². The summed E-state index contributed by atoms with van der Waals surface area (Å²) in [4.78, 5) is 67.9. The Morgan fingerprint density at radius 2 is 1.76 bits per heavy atom. The van der Waals surface area contributed by atoms with Gasteiger partial charge in [-0.2, -0.15) is 4.98 Å². The first-order chi connectivity index (χ1) is 29.7. The third-order valence-electron chi connectivity index (χ3n) is 12.4. The SMILES string of the molecule is CC(C)(C)c1ccc(-c2nc(O[C@@H]3C[C@H]4C(=O)N[C@]5(C(=O)NS(=O)(=O)C6CC6)C[C@H]5/C=C\CCCCC[C@H](NC(=O)c5ccco5)C(=O)N4C3)c3oc4ccccc4c3n2)cc1. The van der Waals surface area contributed by atoms with Crippen LogP contribution in [0.15, 0.2) is 87.9 Å². The molecular weight excluding hydrogens is 813 g/mol. The molecule has 0 spiro atoms. The zero-order valence-corrected chi connectivity index (χ0v) is 35.7. The molecule has 2 aromatic carbocycles. The van der Waals surface area contributed by atoms with Crippen LogP contribution in [0, 0.1) is 5.92 Å². The van der Waals surface area contributed by atoms with E-state index in [0.717, 1.165) is 29.4 Å². The number of sulfonamides is 1. The first-order valence-electron chi connectivity index (χ1n) is 21.4. The zero-order valence-electron chi connectivity index (χ0n) is 34.9. The van der Waals surface area contributed by atoms with E-state index in [0.29, 0.717) is 54.6 Å². The molecule has 1 saturated heterocycles. The monoisotopic (exact) mass is 862 g/mol. The van der Waals surface area contributed by atoms with Crippen molar-refractivity contribution in [1.82, 2.24) is 30.2 Å². The number of carbonyl (C=O) groups is 4. The van der Waals surface area contributed by atoms with E-state index >= 15 is 0 Å². The van der Waals surface area contributed by atoms with Gasteiger partial charge in [-0.1, -0.05) is 82.2 Å². The molecule has 16 heteroatoms. The predicted molar refractivity (Wildman–Crippen MR) is 229 cm³/mol. The van der Waals surface area contributed by atoms with E-state index in [2.05, 4.69) is 36.1 Å². The molecule has 0 radical (unpaired) electrons. The Bertz CT molecular complexity index is 2680. The third-order valence-corrected chi connectivity index (χ3v) is 14.2. The first kappa shape index (κ1) is 41.3. The Morgan fingerprint density at radius 3 is 2.50 bits per heavy atom. The number of carbonyl (C=O) groups excluding carboxylic acids is 4. The Hall–Kier alpha value is -6.03. The van der Waals surface area contributed by atoms with E-state index in [1.807, 2.05) is 60.7 Å². The second-order valence-electron chi connectivity index (χ2n) is 18.0. The van der Waals surface area contributed by atoms with Crippen molar-refractivity contribution in [2.75, 3.05) is 6.54 Å². The maximum atomic E-state index is 14.8. The number of hydrogen-bond donors (Lipinski definition) is 3. The van der Waals surface area contributed by atoms with Crippen LogP contribution in [0.1, 0.15) is 94.7 Å². The second kappa shape index (κ2) is 16.0. The van der Waals surface area contributed by atoms with Gasteiger partial charge in [0, 0.05) is 23.3 Å². The van der Waals surface area contributed by atoms with E-state index < -0.39 is 68.5 Å². The lowest BCUT2D eigenvalue weighted by molar-refractivity contribution is -0.141. The maximum Gasteiger partial charge on any atom is 0.287 e. The number of allylic oxidation sites excluding steroid dienone is 1. The standard InChI is InChI=1S/C46H50N6O9S/c1-45(2,3)28-19-17-27(18-20-28)39-48-37-32-13-9-10-15-35(32)61-38(37)42(49-39)60-30-24-34-40(53)50-46(44(56)51-62(57,58)31-21-22-31)25-29(46)12-7-5-4-6-8-14-33(43(55)52(34)26-30)47-41(54)36-16-11-23-59-36/h7,9-13,15-20,23,29-31,33-34H,4-6,8,14,21-22,24-26H2,1-3H3,(H,47,54)(H,50,53)(H,51,56)/b12-7-/t29-,30-,33+,34+,46-/m1/s1. The minimum absolute atomic E-state index is 0.0175. The fourth-order valence-electron chi connectivity index (χ4n) is 8.54. The van der Waals surface area contributed by atoms with Gasteiger partial charge in [0.25, 0.3) is 17.7 Å². The number of furan rings is 2. The van der Waals surface area contributed by atoms with Crippen molar-refractivity contribution in [3.05, 3.63) is 90.4 Å².